The molecule has 5 nitrogen and oxygen atoms in total. The van der Waals surface area contributed by atoms with E-state index in [0.29, 0.717) is 0 Å². The molecule has 2 rings (SSSR count). The van der Waals surface area contributed by atoms with Gasteiger partial charge in [0.2, 0.25) is 0 Å². The topological polar surface area (TPSA) is 68.2 Å². The number of hydrogen-bond acceptors (Lipinski definition) is 5. The van der Waals surface area contributed by atoms with E-state index in [1.807, 2.05) is 0 Å². The van der Waals surface area contributed by atoms with Crippen LogP contribution in [-0.4, -0.2) is 47.2 Å². The second kappa shape index (κ2) is 2.90. The lowest BCUT2D eigenvalue weighted by molar-refractivity contribution is -0.218. The summed E-state index contributed by atoms with van der Waals surface area (Å²) in [6, 6.07) is 0. The first kappa shape index (κ1) is 9.36. The number of rotatable bonds is 1. The van der Waals surface area contributed by atoms with Crippen LogP contribution in [0, 0.1) is 0 Å². The molecule has 0 spiro atoms. The fourth-order valence-corrected chi connectivity index (χ4v) is 1.71. The van der Waals surface area contributed by atoms with Gasteiger partial charge >= 0.3 is 0 Å². The summed E-state index contributed by atoms with van der Waals surface area (Å²) in [5, 5.41) is 18.4. The van der Waals surface area contributed by atoms with Crippen molar-refractivity contribution in [2.45, 2.75) is 44.2 Å². The number of ether oxygens (including phenoxy) is 3. The molecule has 2 fully saturated rings. The maximum atomic E-state index is 9.60. The Balaban J connectivity index is 2.07. The lowest BCUT2D eigenvalue weighted by Crippen LogP contribution is -2.36. The summed E-state index contributed by atoms with van der Waals surface area (Å²) < 4.78 is 16.0. The van der Waals surface area contributed by atoms with E-state index in [9.17, 15) is 5.11 Å². The maximum absolute atomic E-state index is 9.60. The Bertz CT molecular complexity index is 205. The molecule has 0 aliphatic carbocycles. The van der Waals surface area contributed by atoms with Crippen molar-refractivity contribution in [2.75, 3.05) is 6.61 Å². The second-order valence-corrected chi connectivity index (χ2v) is 3.82. The monoisotopic (exact) mass is 190 g/mol. The first-order valence-corrected chi connectivity index (χ1v) is 4.33. The lowest BCUT2D eigenvalue weighted by atomic mass is 10.1. The molecule has 76 valence electrons. The van der Waals surface area contributed by atoms with Crippen LogP contribution in [0.25, 0.3) is 0 Å². The minimum absolute atomic E-state index is 0.221. The van der Waals surface area contributed by atoms with Gasteiger partial charge in [0, 0.05) is 0 Å². The van der Waals surface area contributed by atoms with E-state index in [2.05, 4.69) is 0 Å². The normalized spacial score (nSPS) is 48.0. The maximum Gasteiger partial charge on any atom is 0.190 e. The largest absolute Gasteiger partial charge is 0.394 e. The Morgan fingerprint density at radius 2 is 2.00 bits per heavy atom. The Morgan fingerprint density at radius 1 is 1.31 bits per heavy atom. The Labute approximate surface area is 76.2 Å². The number of aliphatic hydroxyl groups is 2. The van der Waals surface area contributed by atoms with E-state index in [1.54, 1.807) is 13.8 Å². The van der Waals surface area contributed by atoms with Crippen molar-refractivity contribution in [3.63, 3.8) is 0 Å². The van der Waals surface area contributed by atoms with Crippen molar-refractivity contribution in [3.05, 3.63) is 0 Å². The average Bonchev–Trinajstić information content (AvgIpc) is 2.47. The number of fused-ring (bicyclic) bond motifs is 1. The molecule has 0 radical (unpaired) electrons. The summed E-state index contributed by atoms with van der Waals surface area (Å²) in [5.41, 5.74) is 0. The van der Waals surface area contributed by atoms with Crippen molar-refractivity contribution in [3.8, 4) is 0 Å². The predicted octanol–water partition coefficient (Wildman–Crippen LogP) is -0.784. The summed E-state index contributed by atoms with van der Waals surface area (Å²) in [7, 11) is 0. The molecule has 0 aromatic heterocycles. The summed E-state index contributed by atoms with van der Waals surface area (Å²) in [4.78, 5) is 0. The predicted molar refractivity (Wildman–Crippen MR) is 41.8 cm³/mol. The van der Waals surface area contributed by atoms with Crippen LogP contribution in [0.5, 0.6) is 0 Å². The summed E-state index contributed by atoms with van der Waals surface area (Å²) in [6.07, 6.45) is -2.43. The molecule has 2 aliphatic heterocycles. The van der Waals surface area contributed by atoms with Crippen LogP contribution in [0.4, 0.5) is 0 Å². The van der Waals surface area contributed by atoms with Gasteiger partial charge in [0.15, 0.2) is 12.1 Å². The summed E-state index contributed by atoms with van der Waals surface area (Å²) in [6.45, 7) is 3.30. The van der Waals surface area contributed by atoms with Gasteiger partial charge in [0.1, 0.15) is 18.3 Å². The van der Waals surface area contributed by atoms with E-state index >= 15 is 0 Å². The lowest BCUT2D eigenvalue weighted by Gasteiger charge is -2.21. The molecule has 13 heavy (non-hydrogen) atoms. The molecular formula is C8H14O5. The molecule has 2 saturated heterocycles. The van der Waals surface area contributed by atoms with E-state index in [1.165, 1.54) is 0 Å². The van der Waals surface area contributed by atoms with Gasteiger partial charge < -0.3 is 24.4 Å². The Kier molecular flexibility index (Phi) is 2.08. The van der Waals surface area contributed by atoms with Crippen LogP contribution in [0.2, 0.25) is 0 Å². The zero-order valence-electron chi connectivity index (χ0n) is 7.64. The third-order valence-corrected chi connectivity index (χ3v) is 2.29. The van der Waals surface area contributed by atoms with E-state index in [-0.39, 0.29) is 6.61 Å². The van der Waals surface area contributed by atoms with Crippen LogP contribution < -0.4 is 0 Å². The van der Waals surface area contributed by atoms with Crippen molar-refractivity contribution in [1.29, 1.82) is 0 Å². The van der Waals surface area contributed by atoms with Crippen molar-refractivity contribution in [2.24, 2.45) is 0 Å². The van der Waals surface area contributed by atoms with Gasteiger partial charge in [-0.3, -0.25) is 0 Å². The molecular weight excluding hydrogens is 176 g/mol. The molecule has 2 N–H and O–H groups in total. The standard InChI is InChI=1S/C8H14O5/c1-8(2)12-6-5(10)4(3-9)11-7(6)13-8/h4-7,9-10H,3H2,1-2H3/t4-,5+,6?,7-/m0/s1. The van der Waals surface area contributed by atoms with Crippen molar-refractivity contribution < 1.29 is 24.4 Å². The quantitative estimate of drug-likeness (QED) is 0.567. The highest BCUT2D eigenvalue weighted by Crippen LogP contribution is 2.36. The highest BCUT2D eigenvalue weighted by molar-refractivity contribution is 4.92. The summed E-state index contributed by atoms with van der Waals surface area (Å²) in [5.74, 6) is -0.712. The second-order valence-electron chi connectivity index (χ2n) is 3.82. The minimum atomic E-state index is -0.809. The van der Waals surface area contributed by atoms with Crippen LogP contribution in [0.1, 0.15) is 13.8 Å². The van der Waals surface area contributed by atoms with Crippen LogP contribution >= 0.6 is 0 Å². The van der Waals surface area contributed by atoms with E-state index in [4.69, 9.17) is 19.3 Å². The zero-order valence-corrected chi connectivity index (χ0v) is 7.64. The van der Waals surface area contributed by atoms with Crippen LogP contribution in [-0.2, 0) is 14.2 Å². The van der Waals surface area contributed by atoms with Crippen LogP contribution in [0.15, 0.2) is 0 Å². The molecule has 1 unspecified atom stereocenters. The van der Waals surface area contributed by atoms with E-state index < -0.39 is 30.4 Å². The molecule has 5 heteroatoms. The van der Waals surface area contributed by atoms with Gasteiger partial charge in [0.05, 0.1) is 6.61 Å². The fourth-order valence-electron chi connectivity index (χ4n) is 1.71. The third kappa shape index (κ3) is 1.47. The van der Waals surface area contributed by atoms with Gasteiger partial charge in [-0.05, 0) is 13.8 Å². The van der Waals surface area contributed by atoms with Gasteiger partial charge in [-0.15, -0.1) is 0 Å². The minimum Gasteiger partial charge on any atom is -0.394 e. The molecule has 2 aliphatic rings. The molecule has 0 aromatic rings. The van der Waals surface area contributed by atoms with Gasteiger partial charge in [-0.1, -0.05) is 0 Å². The van der Waals surface area contributed by atoms with Gasteiger partial charge in [-0.2, -0.15) is 0 Å². The fraction of sp³-hybridized carbons (Fsp3) is 1.00. The number of hydrogen-bond donors (Lipinski definition) is 2. The molecule has 0 amide bonds. The summed E-state index contributed by atoms with van der Waals surface area (Å²) >= 11 is 0. The third-order valence-electron chi connectivity index (χ3n) is 2.29. The number of aliphatic hydroxyl groups excluding tert-OH is 2. The Hall–Kier alpha value is -0.200. The smallest absolute Gasteiger partial charge is 0.190 e. The molecule has 0 bridgehead atoms. The van der Waals surface area contributed by atoms with Crippen molar-refractivity contribution in [1.82, 2.24) is 0 Å². The SMILES string of the molecule is CC1(C)OC2[C@@H](O[C@@H](CO)[C@H]2O)O1. The van der Waals surface area contributed by atoms with E-state index in [0.717, 1.165) is 0 Å². The zero-order chi connectivity index (χ0) is 9.64. The highest BCUT2D eigenvalue weighted by Gasteiger charge is 2.53. The molecule has 0 saturated carbocycles. The molecule has 2 heterocycles. The highest BCUT2D eigenvalue weighted by atomic mass is 16.8. The van der Waals surface area contributed by atoms with Gasteiger partial charge in [0.25, 0.3) is 0 Å². The van der Waals surface area contributed by atoms with Gasteiger partial charge in [-0.25, -0.2) is 0 Å². The Morgan fingerprint density at radius 3 is 2.54 bits per heavy atom. The first-order chi connectivity index (χ1) is 6.03. The average molecular weight is 190 g/mol. The first-order valence-electron chi connectivity index (χ1n) is 4.33. The molecule has 0 aromatic carbocycles. The molecule has 4 atom stereocenters. The van der Waals surface area contributed by atoms with Crippen LogP contribution in [0.3, 0.4) is 0 Å². The van der Waals surface area contributed by atoms with Crippen molar-refractivity contribution >= 4 is 0 Å².